The largest absolute Gasteiger partial charge is 0.442 e. The van der Waals surface area contributed by atoms with Gasteiger partial charge in [-0.05, 0) is 24.3 Å². The fourth-order valence-corrected chi connectivity index (χ4v) is 0.978. The van der Waals surface area contributed by atoms with Crippen molar-refractivity contribution >= 4 is 0 Å². The van der Waals surface area contributed by atoms with Crippen LogP contribution in [0.3, 0.4) is 0 Å². The number of ether oxygens (including phenoxy) is 1. The highest BCUT2D eigenvalue weighted by Gasteiger charge is 2.06. The molecule has 15 heavy (non-hydrogen) atoms. The van der Waals surface area contributed by atoms with Gasteiger partial charge in [-0.1, -0.05) is 0 Å². The third kappa shape index (κ3) is 1.96. The van der Waals surface area contributed by atoms with Crippen molar-refractivity contribution in [1.29, 1.82) is 0 Å². The van der Waals surface area contributed by atoms with Gasteiger partial charge in [0.2, 0.25) is 11.5 Å². The van der Waals surface area contributed by atoms with Gasteiger partial charge in [-0.2, -0.15) is 0 Å². The van der Waals surface area contributed by atoms with E-state index >= 15 is 0 Å². The molecule has 0 aliphatic heterocycles. The Morgan fingerprint density at radius 1 is 0.867 bits per heavy atom. The van der Waals surface area contributed by atoms with Crippen LogP contribution in [0, 0.1) is 0 Å². The maximum atomic E-state index is 11.1. The molecule has 0 fully saturated rings. The minimum Gasteiger partial charge on any atom is -0.442 e. The summed E-state index contributed by atoms with van der Waals surface area (Å²) in [6.45, 7) is 0. The van der Waals surface area contributed by atoms with Gasteiger partial charge >= 0.3 is 11.3 Å². The standard InChI is InChI=1S/C10H6O5/c11-9-7(3-1-5-13-9)15-8-4-2-6-14-10(8)12/h1-6H. The predicted molar refractivity (Wildman–Crippen MR) is 50.0 cm³/mol. The van der Waals surface area contributed by atoms with Crippen LogP contribution in [0.15, 0.2) is 55.2 Å². The molecule has 5 heteroatoms. The predicted octanol–water partition coefficient (Wildman–Crippen LogP) is 1.39. The second kappa shape index (κ2) is 3.83. The molecule has 0 bridgehead atoms. The van der Waals surface area contributed by atoms with Gasteiger partial charge in [0.05, 0.1) is 12.5 Å². The molecule has 0 atom stereocenters. The minimum absolute atomic E-state index is 0.0593. The molecule has 0 saturated heterocycles. The molecule has 5 nitrogen and oxygen atoms in total. The van der Waals surface area contributed by atoms with Crippen LogP contribution < -0.4 is 16.0 Å². The summed E-state index contributed by atoms with van der Waals surface area (Å²) < 4.78 is 14.1. The van der Waals surface area contributed by atoms with Crippen LogP contribution >= 0.6 is 0 Å². The average Bonchev–Trinajstić information content (AvgIpc) is 2.24. The zero-order valence-electron chi connectivity index (χ0n) is 7.51. The van der Waals surface area contributed by atoms with Crippen LogP contribution in [0.25, 0.3) is 0 Å². The number of hydrogen-bond donors (Lipinski definition) is 0. The van der Waals surface area contributed by atoms with Gasteiger partial charge in [0.25, 0.3) is 0 Å². The highest BCUT2D eigenvalue weighted by Crippen LogP contribution is 2.12. The molecule has 0 N–H and O–H groups in total. The summed E-state index contributed by atoms with van der Waals surface area (Å²) >= 11 is 0. The normalized spacial score (nSPS) is 9.87. The Kier molecular flexibility index (Phi) is 2.37. The molecule has 0 aliphatic rings. The average molecular weight is 206 g/mol. The summed E-state index contributed by atoms with van der Waals surface area (Å²) in [4.78, 5) is 22.2. The smallest absolute Gasteiger partial charge is 0.379 e. The lowest BCUT2D eigenvalue weighted by atomic mass is 10.4. The first kappa shape index (κ1) is 9.26. The zero-order chi connectivity index (χ0) is 10.7. The molecule has 2 rings (SSSR count). The second-order valence-corrected chi connectivity index (χ2v) is 2.63. The van der Waals surface area contributed by atoms with E-state index in [1.165, 1.54) is 36.8 Å². The summed E-state index contributed by atoms with van der Waals surface area (Å²) in [7, 11) is 0. The SMILES string of the molecule is O=c1occcc1Oc1cccoc1=O. The molecular formula is C10H6O5. The lowest BCUT2D eigenvalue weighted by Crippen LogP contribution is -2.07. The van der Waals surface area contributed by atoms with Crippen LogP contribution in [0.4, 0.5) is 0 Å². The van der Waals surface area contributed by atoms with Gasteiger partial charge in [-0.25, -0.2) is 9.59 Å². The molecule has 2 aromatic heterocycles. The summed E-state index contributed by atoms with van der Waals surface area (Å²) in [5, 5.41) is 0. The fraction of sp³-hybridized carbons (Fsp3) is 0. The maximum Gasteiger partial charge on any atom is 0.379 e. The molecule has 0 spiro atoms. The second-order valence-electron chi connectivity index (χ2n) is 2.63. The first-order valence-corrected chi connectivity index (χ1v) is 4.11. The van der Waals surface area contributed by atoms with Crippen molar-refractivity contribution in [3.05, 3.63) is 57.6 Å². The van der Waals surface area contributed by atoms with E-state index in [1.807, 2.05) is 0 Å². The lowest BCUT2D eigenvalue weighted by molar-refractivity contribution is 0.391. The van der Waals surface area contributed by atoms with E-state index < -0.39 is 11.3 Å². The van der Waals surface area contributed by atoms with E-state index in [-0.39, 0.29) is 11.5 Å². The molecule has 0 aromatic carbocycles. The summed E-state index contributed by atoms with van der Waals surface area (Å²) in [5.41, 5.74) is -1.30. The maximum absolute atomic E-state index is 11.1. The minimum atomic E-state index is -0.652. The van der Waals surface area contributed by atoms with Gasteiger partial charge in [0, 0.05) is 0 Å². The molecular weight excluding hydrogens is 200 g/mol. The lowest BCUT2D eigenvalue weighted by Gasteiger charge is -2.00. The Morgan fingerprint density at radius 3 is 1.73 bits per heavy atom. The highest BCUT2D eigenvalue weighted by atomic mass is 16.5. The Morgan fingerprint density at radius 2 is 1.33 bits per heavy atom. The van der Waals surface area contributed by atoms with Crippen molar-refractivity contribution in [3.63, 3.8) is 0 Å². The fourth-order valence-electron chi connectivity index (χ4n) is 0.978. The van der Waals surface area contributed by atoms with Crippen molar-refractivity contribution in [3.8, 4) is 11.5 Å². The van der Waals surface area contributed by atoms with Crippen molar-refractivity contribution in [1.82, 2.24) is 0 Å². The van der Waals surface area contributed by atoms with E-state index in [0.29, 0.717) is 0 Å². The van der Waals surface area contributed by atoms with Crippen molar-refractivity contribution in [2.45, 2.75) is 0 Å². The van der Waals surface area contributed by atoms with Gasteiger partial charge in [-0.3, -0.25) is 0 Å². The Bertz CT molecular complexity index is 515. The van der Waals surface area contributed by atoms with E-state index in [9.17, 15) is 9.59 Å². The van der Waals surface area contributed by atoms with Gasteiger partial charge < -0.3 is 13.6 Å². The van der Waals surface area contributed by atoms with E-state index in [0.717, 1.165) is 0 Å². The van der Waals surface area contributed by atoms with Gasteiger partial charge in [0.1, 0.15) is 0 Å². The van der Waals surface area contributed by atoms with E-state index in [4.69, 9.17) is 4.74 Å². The van der Waals surface area contributed by atoms with E-state index in [2.05, 4.69) is 8.83 Å². The monoisotopic (exact) mass is 206 g/mol. The third-order valence-corrected chi connectivity index (χ3v) is 1.62. The van der Waals surface area contributed by atoms with Crippen molar-refractivity contribution in [2.75, 3.05) is 0 Å². The van der Waals surface area contributed by atoms with Crippen molar-refractivity contribution in [2.24, 2.45) is 0 Å². The van der Waals surface area contributed by atoms with Crippen LogP contribution in [0.5, 0.6) is 11.5 Å². The Balaban J connectivity index is 2.39. The molecule has 76 valence electrons. The van der Waals surface area contributed by atoms with Crippen LogP contribution in [-0.2, 0) is 0 Å². The Hall–Kier alpha value is -2.30. The summed E-state index contributed by atoms with van der Waals surface area (Å²) in [6.07, 6.45) is 2.45. The molecule has 0 radical (unpaired) electrons. The van der Waals surface area contributed by atoms with Crippen LogP contribution in [0.1, 0.15) is 0 Å². The topological polar surface area (TPSA) is 69.7 Å². The number of hydrogen-bond acceptors (Lipinski definition) is 5. The third-order valence-electron chi connectivity index (χ3n) is 1.62. The van der Waals surface area contributed by atoms with Crippen LogP contribution in [0.2, 0.25) is 0 Å². The molecule has 0 saturated carbocycles. The quantitative estimate of drug-likeness (QED) is 0.742. The van der Waals surface area contributed by atoms with Crippen LogP contribution in [-0.4, -0.2) is 0 Å². The number of rotatable bonds is 2. The molecule has 2 heterocycles. The van der Waals surface area contributed by atoms with Gasteiger partial charge in [0.15, 0.2) is 0 Å². The van der Waals surface area contributed by atoms with Crippen molar-refractivity contribution < 1.29 is 13.6 Å². The highest BCUT2D eigenvalue weighted by molar-refractivity contribution is 5.24. The van der Waals surface area contributed by atoms with E-state index in [1.54, 1.807) is 0 Å². The molecule has 0 amide bonds. The molecule has 2 aromatic rings. The summed E-state index contributed by atoms with van der Waals surface area (Å²) in [5.74, 6) is -0.119. The molecule has 0 unspecified atom stereocenters. The summed E-state index contributed by atoms with van der Waals surface area (Å²) in [6, 6.07) is 5.78. The zero-order valence-corrected chi connectivity index (χ0v) is 7.51. The first-order chi connectivity index (χ1) is 7.27. The van der Waals surface area contributed by atoms with Gasteiger partial charge in [-0.15, -0.1) is 0 Å². The molecule has 0 aliphatic carbocycles. The Labute approximate surface area is 83.5 Å². The first-order valence-electron chi connectivity index (χ1n) is 4.11.